The molecule has 1 saturated heterocycles. The zero-order chi connectivity index (χ0) is 21.1. The Labute approximate surface area is 180 Å². The maximum atomic E-state index is 12.6. The average Bonchev–Trinajstić information content (AvgIpc) is 2.74. The second-order valence-electron chi connectivity index (χ2n) is 9.69. The molecule has 1 aromatic heterocycles. The third-order valence-electron chi connectivity index (χ3n) is 6.97. The summed E-state index contributed by atoms with van der Waals surface area (Å²) in [5, 5.41) is 9.98. The molecule has 0 spiro atoms. The highest BCUT2D eigenvalue weighted by Gasteiger charge is 2.39. The number of nitrogens with one attached hydrogen (secondary N) is 3. The van der Waals surface area contributed by atoms with Gasteiger partial charge in [0, 0.05) is 38.3 Å². The van der Waals surface area contributed by atoms with Gasteiger partial charge in [-0.25, -0.2) is 9.97 Å². The Kier molecular flexibility index (Phi) is 6.43. The summed E-state index contributed by atoms with van der Waals surface area (Å²) < 4.78 is 0. The molecule has 2 fully saturated rings. The number of anilines is 3. The van der Waals surface area contributed by atoms with Crippen LogP contribution in [0.1, 0.15) is 52.4 Å². The first kappa shape index (κ1) is 21.3. The molecule has 166 valence electrons. The lowest BCUT2D eigenvalue weighted by molar-refractivity contribution is -0.117. The minimum atomic E-state index is -0.240. The summed E-state index contributed by atoms with van der Waals surface area (Å²) in [4.78, 5) is 26.6. The van der Waals surface area contributed by atoms with Crippen LogP contribution in [0.15, 0.2) is 6.33 Å². The molecule has 8 heteroatoms. The number of fused-ring (bicyclic) bond motifs is 1. The third-order valence-corrected chi connectivity index (χ3v) is 6.97. The Morgan fingerprint density at radius 1 is 1.17 bits per heavy atom. The van der Waals surface area contributed by atoms with E-state index in [4.69, 9.17) is 0 Å². The maximum absolute atomic E-state index is 12.6. The molecule has 2 aliphatic heterocycles. The summed E-state index contributed by atoms with van der Waals surface area (Å²) in [6.07, 6.45) is 8.70. The third kappa shape index (κ3) is 4.54. The van der Waals surface area contributed by atoms with Crippen molar-refractivity contribution in [2.45, 2.75) is 64.0 Å². The summed E-state index contributed by atoms with van der Waals surface area (Å²) in [6, 6.07) is -0.240. The highest BCUT2D eigenvalue weighted by atomic mass is 16.2. The summed E-state index contributed by atoms with van der Waals surface area (Å²) in [7, 11) is 2.21. The Morgan fingerprint density at radius 3 is 2.60 bits per heavy atom. The smallest absolute Gasteiger partial charge is 0.247 e. The first-order valence-electron chi connectivity index (χ1n) is 11.6. The van der Waals surface area contributed by atoms with Gasteiger partial charge < -0.3 is 20.9 Å². The minimum absolute atomic E-state index is 0.000461. The number of hydrogen-bond donors (Lipinski definition) is 3. The molecule has 0 bridgehead atoms. The van der Waals surface area contributed by atoms with Crippen LogP contribution in [0.2, 0.25) is 0 Å². The number of aromatic nitrogens is 2. The zero-order valence-electron chi connectivity index (χ0n) is 18.7. The van der Waals surface area contributed by atoms with E-state index in [0.717, 1.165) is 50.8 Å². The lowest BCUT2D eigenvalue weighted by atomic mass is 9.79. The average molecular weight is 416 g/mol. The van der Waals surface area contributed by atoms with Crippen molar-refractivity contribution in [1.29, 1.82) is 0 Å². The van der Waals surface area contributed by atoms with E-state index in [9.17, 15) is 4.79 Å². The van der Waals surface area contributed by atoms with Gasteiger partial charge in [0.1, 0.15) is 18.1 Å². The van der Waals surface area contributed by atoms with Crippen molar-refractivity contribution >= 4 is 23.2 Å². The standard InChI is InChI=1S/C22H37N7O/c1-16(2)13-17-21(30)27-18-19(24-15-25-20(18)26-17)23-14-22(7-5-4-6-8-22)29-11-9-28(3)10-12-29/h15-17H,4-14H2,1-3H3,(H,27,30)(H2,23,24,25,26). The Hall–Kier alpha value is -1.93. The van der Waals surface area contributed by atoms with Crippen LogP contribution in [-0.4, -0.2) is 77.0 Å². The largest absolute Gasteiger partial charge is 0.366 e. The fraction of sp³-hybridized carbons (Fsp3) is 0.773. The van der Waals surface area contributed by atoms with E-state index >= 15 is 0 Å². The van der Waals surface area contributed by atoms with Crippen LogP contribution >= 0.6 is 0 Å². The van der Waals surface area contributed by atoms with Crippen LogP contribution in [0.25, 0.3) is 0 Å². The van der Waals surface area contributed by atoms with Gasteiger partial charge in [-0.2, -0.15) is 0 Å². The van der Waals surface area contributed by atoms with Gasteiger partial charge in [-0.15, -0.1) is 0 Å². The summed E-state index contributed by atoms with van der Waals surface area (Å²) >= 11 is 0. The second kappa shape index (κ2) is 9.06. The predicted molar refractivity (Wildman–Crippen MR) is 121 cm³/mol. The van der Waals surface area contributed by atoms with E-state index in [1.807, 2.05) is 0 Å². The molecule has 1 aliphatic carbocycles. The first-order chi connectivity index (χ1) is 14.5. The van der Waals surface area contributed by atoms with Crippen molar-refractivity contribution in [3.63, 3.8) is 0 Å². The number of likely N-dealkylation sites (N-methyl/N-ethyl adjacent to an activating group) is 1. The van der Waals surface area contributed by atoms with E-state index in [-0.39, 0.29) is 17.5 Å². The molecular weight excluding hydrogens is 378 g/mol. The van der Waals surface area contributed by atoms with Crippen molar-refractivity contribution in [3.8, 4) is 0 Å². The summed E-state index contributed by atoms with van der Waals surface area (Å²) in [6.45, 7) is 9.60. The molecule has 1 unspecified atom stereocenters. The number of carbonyl (C=O) groups excluding carboxylic acids is 1. The van der Waals surface area contributed by atoms with E-state index < -0.39 is 0 Å². The molecule has 4 rings (SSSR count). The lowest BCUT2D eigenvalue weighted by Gasteiger charge is -2.49. The van der Waals surface area contributed by atoms with Crippen LogP contribution in [0.5, 0.6) is 0 Å². The van der Waals surface area contributed by atoms with Gasteiger partial charge in [0.2, 0.25) is 5.91 Å². The molecule has 3 aliphatic rings. The number of rotatable bonds is 6. The monoisotopic (exact) mass is 415 g/mol. The molecular formula is C22H37N7O. The van der Waals surface area contributed by atoms with E-state index in [1.54, 1.807) is 6.33 Å². The number of carbonyl (C=O) groups is 1. The summed E-state index contributed by atoms with van der Waals surface area (Å²) in [5.41, 5.74) is 0.857. The molecule has 0 radical (unpaired) electrons. The van der Waals surface area contributed by atoms with E-state index in [2.05, 4.69) is 56.6 Å². The molecule has 1 saturated carbocycles. The van der Waals surface area contributed by atoms with Gasteiger partial charge in [0.25, 0.3) is 0 Å². The first-order valence-corrected chi connectivity index (χ1v) is 11.6. The molecule has 30 heavy (non-hydrogen) atoms. The van der Waals surface area contributed by atoms with Crippen LogP contribution in [-0.2, 0) is 4.79 Å². The number of hydrogen-bond acceptors (Lipinski definition) is 7. The number of nitrogens with zero attached hydrogens (tertiary/aromatic N) is 4. The van der Waals surface area contributed by atoms with Gasteiger partial charge in [0.05, 0.1) is 0 Å². The Balaban J connectivity index is 1.49. The van der Waals surface area contributed by atoms with Crippen molar-refractivity contribution in [2.24, 2.45) is 5.92 Å². The molecule has 1 aromatic rings. The van der Waals surface area contributed by atoms with Crippen LogP contribution in [0.4, 0.5) is 17.3 Å². The van der Waals surface area contributed by atoms with Crippen molar-refractivity contribution < 1.29 is 4.79 Å². The van der Waals surface area contributed by atoms with Crippen molar-refractivity contribution in [3.05, 3.63) is 6.33 Å². The van der Waals surface area contributed by atoms with Gasteiger partial charge in [-0.3, -0.25) is 9.69 Å². The molecule has 1 atom stereocenters. The van der Waals surface area contributed by atoms with Crippen molar-refractivity contribution in [2.75, 3.05) is 55.7 Å². The normalized spacial score (nSPS) is 24.8. The number of amides is 1. The SMILES string of the molecule is CC(C)CC1Nc2ncnc(NCC3(N4CCN(C)CC4)CCCCC3)c2NC1=O. The Bertz CT molecular complexity index is 739. The molecule has 0 aromatic carbocycles. The maximum Gasteiger partial charge on any atom is 0.247 e. The number of piperazine rings is 1. The van der Waals surface area contributed by atoms with Gasteiger partial charge in [-0.05, 0) is 32.2 Å². The lowest BCUT2D eigenvalue weighted by Crippen LogP contribution is -2.60. The van der Waals surface area contributed by atoms with Gasteiger partial charge in [0.15, 0.2) is 11.6 Å². The molecule has 3 heterocycles. The summed E-state index contributed by atoms with van der Waals surface area (Å²) in [5.74, 6) is 1.88. The van der Waals surface area contributed by atoms with Crippen LogP contribution in [0.3, 0.4) is 0 Å². The fourth-order valence-electron chi connectivity index (χ4n) is 5.17. The van der Waals surface area contributed by atoms with E-state index in [1.165, 1.54) is 32.1 Å². The highest BCUT2D eigenvalue weighted by Crippen LogP contribution is 2.36. The molecule has 3 N–H and O–H groups in total. The quantitative estimate of drug-likeness (QED) is 0.658. The van der Waals surface area contributed by atoms with E-state index in [0.29, 0.717) is 11.6 Å². The topological polar surface area (TPSA) is 85.4 Å². The van der Waals surface area contributed by atoms with Gasteiger partial charge >= 0.3 is 0 Å². The minimum Gasteiger partial charge on any atom is -0.366 e. The molecule has 8 nitrogen and oxygen atoms in total. The van der Waals surface area contributed by atoms with Crippen molar-refractivity contribution in [1.82, 2.24) is 19.8 Å². The predicted octanol–water partition coefficient (Wildman–Crippen LogP) is 2.62. The molecule has 1 amide bonds. The van der Waals surface area contributed by atoms with Gasteiger partial charge in [-0.1, -0.05) is 33.1 Å². The fourth-order valence-corrected chi connectivity index (χ4v) is 5.17. The van der Waals surface area contributed by atoms with Crippen LogP contribution in [0, 0.1) is 5.92 Å². The second-order valence-corrected chi connectivity index (χ2v) is 9.69. The highest BCUT2D eigenvalue weighted by molar-refractivity contribution is 6.04. The van der Waals surface area contributed by atoms with Crippen LogP contribution < -0.4 is 16.0 Å². The Morgan fingerprint density at radius 2 is 1.90 bits per heavy atom. The zero-order valence-corrected chi connectivity index (χ0v) is 18.7.